The molecular formula is C12H20N2. The van der Waals surface area contributed by atoms with Crippen molar-refractivity contribution in [3.05, 3.63) is 30.3 Å². The normalized spacial score (nSPS) is 10.5. The van der Waals surface area contributed by atoms with Gasteiger partial charge in [-0.3, -0.25) is 0 Å². The minimum Gasteiger partial charge on any atom is -0.384 e. The molecule has 0 saturated heterocycles. The third-order valence-corrected chi connectivity index (χ3v) is 2.20. The van der Waals surface area contributed by atoms with Crippen LogP contribution in [0.25, 0.3) is 0 Å². The molecule has 1 rings (SSSR count). The molecule has 0 bridgehead atoms. The summed E-state index contributed by atoms with van der Waals surface area (Å²) in [5.41, 5.74) is 1.21. The Bertz CT molecular complexity index is 233. The van der Waals surface area contributed by atoms with Crippen molar-refractivity contribution in [3.63, 3.8) is 0 Å². The van der Waals surface area contributed by atoms with Gasteiger partial charge in [-0.2, -0.15) is 0 Å². The van der Waals surface area contributed by atoms with Crippen molar-refractivity contribution in [1.29, 1.82) is 0 Å². The van der Waals surface area contributed by atoms with Crippen molar-refractivity contribution in [1.82, 2.24) is 4.90 Å². The first-order valence-corrected chi connectivity index (χ1v) is 5.30. The lowest BCUT2D eigenvalue weighted by Crippen LogP contribution is -2.25. The van der Waals surface area contributed by atoms with E-state index in [2.05, 4.69) is 48.5 Å². The fourth-order valence-corrected chi connectivity index (χ4v) is 1.44. The van der Waals surface area contributed by atoms with Gasteiger partial charge in [-0.25, -0.2) is 0 Å². The highest BCUT2D eigenvalue weighted by atomic mass is 15.1. The Labute approximate surface area is 86.9 Å². The van der Waals surface area contributed by atoms with Gasteiger partial charge in [0.2, 0.25) is 0 Å². The number of anilines is 1. The molecule has 0 spiro atoms. The third-order valence-electron chi connectivity index (χ3n) is 2.20. The largest absolute Gasteiger partial charge is 0.384 e. The molecule has 0 fully saturated rings. The maximum absolute atomic E-state index is 3.39. The Kier molecular flexibility index (Phi) is 5.08. The van der Waals surface area contributed by atoms with Crippen LogP contribution in [0.3, 0.4) is 0 Å². The number of hydrogen-bond donors (Lipinski definition) is 1. The van der Waals surface area contributed by atoms with Crippen LogP contribution in [-0.2, 0) is 0 Å². The molecular weight excluding hydrogens is 172 g/mol. The molecule has 0 amide bonds. The van der Waals surface area contributed by atoms with E-state index >= 15 is 0 Å². The first-order chi connectivity index (χ1) is 6.83. The maximum Gasteiger partial charge on any atom is 0.0340 e. The Hall–Kier alpha value is -1.02. The van der Waals surface area contributed by atoms with Crippen LogP contribution in [0.4, 0.5) is 5.69 Å². The van der Waals surface area contributed by atoms with E-state index in [1.54, 1.807) is 0 Å². The number of para-hydroxylation sites is 1. The van der Waals surface area contributed by atoms with Gasteiger partial charge < -0.3 is 10.2 Å². The summed E-state index contributed by atoms with van der Waals surface area (Å²) in [5.74, 6) is 0. The zero-order valence-electron chi connectivity index (χ0n) is 9.16. The van der Waals surface area contributed by atoms with Crippen LogP contribution in [0.2, 0.25) is 0 Å². The molecule has 1 N–H and O–H groups in total. The fourth-order valence-electron chi connectivity index (χ4n) is 1.44. The number of benzene rings is 1. The first-order valence-electron chi connectivity index (χ1n) is 5.30. The van der Waals surface area contributed by atoms with Crippen LogP contribution in [0.15, 0.2) is 30.3 Å². The smallest absolute Gasteiger partial charge is 0.0340 e. The second-order valence-electron chi connectivity index (χ2n) is 3.60. The van der Waals surface area contributed by atoms with Gasteiger partial charge in [0.15, 0.2) is 0 Å². The molecule has 2 heteroatoms. The summed E-state index contributed by atoms with van der Waals surface area (Å²) >= 11 is 0. The predicted octanol–water partition coefficient (Wildman–Crippen LogP) is 2.44. The number of rotatable bonds is 6. The number of likely N-dealkylation sites (N-methyl/N-ethyl adjacent to an activating group) is 1. The van der Waals surface area contributed by atoms with Gasteiger partial charge in [-0.15, -0.1) is 0 Å². The molecule has 2 nitrogen and oxygen atoms in total. The maximum atomic E-state index is 3.39. The minimum absolute atomic E-state index is 1.01. The summed E-state index contributed by atoms with van der Waals surface area (Å²) < 4.78 is 0. The standard InChI is InChI=1S/C12H20N2/c1-3-10-14(2)11-9-13-12-7-5-4-6-8-12/h4-8,13H,3,9-11H2,1-2H3. The molecule has 0 atom stereocenters. The zero-order chi connectivity index (χ0) is 10.2. The molecule has 0 aromatic heterocycles. The van der Waals surface area contributed by atoms with Crippen LogP contribution in [0, 0.1) is 0 Å². The highest BCUT2D eigenvalue weighted by molar-refractivity contribution is 5.42. The van der Waals surface area contributed by atoms with Crippen molar-refractivity contribution in [2.75, 3.05) is 32.0 Å². The lowest BCUT2D eigenvalue weighted by atomic mass is 10.3. The van der Waals surface area contributed by atoms with Gasteiger partial charge in [0.25, 0.3) is 0 Å². The Morgan fingerprint density at radius 2 is 1.86 bits per heavy atom. The summed E-state index contributed by atoms with van der Waals surface area (Å²) in [5, 5.41) is 3.39. The Morgan fingerprint density at radius 1 is 1.14 bits per heavy atom. The van der Waals surface area contributed by atoms with Gasteiger partial charge in [0, 0.05) is 18.8 Å². The predicted molar refractivity (Wildman–Crippen MR) is 62.7 cm³/mol. The highest BCUT2D eigenvalue weighted by Crippen LogP contribution is 2.03. The van der Waals surface area contributed by atoms with Crippen LogP contribution < -0.4 is 5.32 Å². The Morgan fingerprint density at radius 3 is 2.50 bits per heavy atom. The summed E-state index contributed by atoms with van der Waals surface area (Å²) in [6.45, 7) is 5.50. The van der Waals surface area contributed by atoms with Crippen molar-refractivity contribution in [3.8, 4) is 0 Å². The topological polar surface area (TPSA) is 15.3 Å². The molecule has 0 aliphatic rings. The average Bonchev–Trinajstić information content (AvgIpc) is 2.20. The summed E-state index contributed by atoms with van der Waals surface area (Å²) in [7, 11) is 2.16. The van der Waals surface area contributed by atoms with E-state index < -0.39 is 0 Å². The van der Waals surface area contributed by atoms with Gasteiger partial charge in [-0.05, 0) is 32.1 Å². The van der Waals surface area contributed by atoms with Gasteiger partial charge >= 0.3 is 0 Å². The molecule has 0 aliphatic carbocycles. The fraction of sp³-hybridized carbons (Fsp3) is 0.500. The van der Waals surface area contributed by atoms with E-state index in [4.69, 9.17) is 0 Å². The molecule has 14 heavy (non-hydrogen) atoms. The van der Waals surface area contributed by atoms with Crippen LogP contribution in [0.5, 0.6) is 0 Å². The lowest BCUT2D eigenvalue weighted by molar-refractivity contribution is 0.348. The number of nitrogens with one attached hydrogen (secondary N) is 1. The van der Waals surface area contributed by atoms with Crippen LogP contribution >= 0.6 is 0 Å². The molecule has 0 unspecified atom stereocenters. The first kappa shape index (κ1) is 11.1. The average molecular weight is 192 g/mol. The molecule has 0 radical (unpaired) electrons. The minimum atomic E-state index is 1.01. The molecule has 78 valence electrons. The quantitative estimate of drug-likeness (QED) is 0.744. The second kappa shape index (κ2) is 6.44. The van der Waals surface area contributed by atoms with Crippen molar-refractivity contribution in [2.24, 2.45) is 0 Å². The van der Waals surface area contributed by atoms with Gasteiger partial charge in [-0.1, -0.05) is 25.1 Å². The van der Waals surface area contributed by atoms with Gasteiger partial charge in [0.05, 0.1) is 0 Å². The lowest BCUT2D eigenvalue weighted by Gasteiger charge is -2.15. The van der Waals surface area contributed by atoms with Crippen LogP contribution in [0.1, 0.15) is 13.3 Å². The van der Waals surface area contributed by atoms with E-state index in [1.165, 1.54) is 18.7 Å². The molecule has 0 saturated carbocycles. The van der Waals surface area contributed by atoms with Crippen molar-refractivity contribution in [2.45, 2.75) is 13.3 Å². The van der Waals surface area contributed by atoms with Crippen molar-refractivity contribution >= 4 is 5.69 Å². The second-order valence-corrected chi connectivity index (χ2v) is 3.60. The molecule has 0 heterocycles. The molecule has 1 aromatic rings. The summed E-state index contributed by atoms with van der Waals surface area (Å²) in [6, 6.07) is 10.3. The van der Waals surface area contributed by atoms with E-state index in [0.717, 1.165) is 13.1 Å². The molecule has 1 aromatic carbocycles. The molecule has 0 aliphatic heterocycles. The number of nitrogens with zero attached hydrogens (tertiary/aromatic N) is 1. The third kappa shape index (κ3) is 4.28. The van der Waals surface area contributed by atoms with Crippen molar-refractivity contribution < 1.29 is 0 Å². The van der Waals surface area contributed by atoms with Gasteiger partial charge in [0.1, 0.15) is 0 Å². The van der Waals surface area contributed by atoms with E-state index in [9.17, 15) is 0 Å². The summed E-state index contributed by atoms with van der Waals surface area (Å²) in [4.78, 5) is 2.34. The van der Waals surface area contributed by atoms with E-state index in [-0.39, 0.29) is 0 Å². The SMILES string of the molecule is CCCN(C)CCNc1ccccc1. The summed E-state index contributed by atoms with van der Waals surface area (Å²) in [6.07, 6.45) is 1.22. The van der Waals surface area contributed by atoms with E-state index in [1.807, 2.05) is 6.07 Å². The Balaban J connectivity index is 2.16. The number of hydrogen-bond acceptors (Lipinski definition) is 2. The van der Waals surface area contributed by atoms with E-state index in [0.29, 0.717) is 0 Å². The zero-order valence-corrected chi connectivity index (χ0v) is 9.16. The van der Waals surface area contributed by atoms with Crippen LogP contribution in [-0.4, -0.2) is 31.6 Å². The highest BCUT2D eigenvalue weighted by Gasteiger charge is 1.95. The monoisotopic (exact) mass is 192 g/mol.